The molecule has 0 spiro atoms. The van der Waals surface area contributed by atoms with Crippen LogP contribution in [0.25, 0.3) is 0 Å². The molecule has 0 heterocycles. The van der Waals surface area contributed by atoms with Crippen LogP contribution in [0.4, 0.5) is 4.79 Å². The summed E-state index contributed by atoms with van der Waals surface area (Å²) in [5, 5.41) is 0. The van der Waals surface area contributed by atoms with Gasteiger partial charge in [-0.05, 0) is 41.9 Å². The third-order valence-electron chi connectivity index (χ3n) is 8.07. The summed E-state index contributed by atoms with van der Waals surface area (Å²) in [5.74, 6) is 0.528. The molecule has 0 aromatic heterocycles. The molecule has 4 heteroatoms. The average Bonchev–Trinajstić information content (AvgIpc) is 2.74. The lowest BCUT2D eigenvalue weighted by atomic mass is 9.74. The highest BCUT2D eigenvalue weighted by atomic mass is 17.2. The molecule has 0 fully saturated rings. The Morgan fingerprint density at radius 3 is 1.55 bits per heavy atom. The van der Waals surface area contributed by atoms with Crippen LogP contribution in [-0.4, -0.2) is 18.4 Å². The van der Waals surface area contributed by atoms with E-state index in [4.69, 9.17) is 14.5 Å². The van der Waals surface area contributed by atoms with Crippen molar-refractivity contribution >= 4 is 6.16 Å². The molecule has 31 heavy (non-hydrogen) atoms. The van der Waals surface area contributed by atoms with E-state index in [0.717, 1.165) is 64.2 Å². The van der Waals surface area contributed by atoms with Gasteiger partial charge in [-0.25, -0.2) is 4.79 Å². The number of carbonyl (C=O) groups excluding carboxylic acids is 1. The molecule has 0 N–H and O–H groups in total. The number of hydrogen-bond donors (Lipinski definition) is 0. The number of hydrogen-bond acceptors (Lipinski definition) is 4. The molecule has 0 amide bonds. The van der Waals surface area contributed by atoms with Gasteiger partial charge in [0.25, 0.3) is 0 Å². The second-order valence-corrected chi connectivity index (χ2v) is 10.9. The number of ether oxygens (including phenoxy) is 1. The van der Waals surface area contributed by atoms with Crippen molar-refractivity contribution in [2.75, 3.05) is 0 Å². The van der Waals surface area contributed by atoms with E-state index in [1.165, 1.54) is 0 Å². The first kappa shape index (κ1) is 30.2. The fourth-order valence-electron chi connectivity index (χ4n) is 3.88. The summed E-state index contributed by atoms with van der Waals surface area (Å²) in [6, 6.07) is 0. The van der Waals surface area contributed by atoms with Crippen LogP contribution < -0.4 is 0 Å². The Balaban J connectivity index is 5.10. The van der Waals surface area contributed by atoms with Gasteiger partial charge in [0.2, 0.25) is 0 Å². The van der Waals surface area contributed by atoms with Gasteiger partial charge in [0.15, 0.2) is 0 Å². The van der Waals surface area contributed by atoms with Gasteiger partial charge >= 0.3 is 6.16 Å². The van der Waals surface area contributed by atoms with E-state index < -0.39 is 6.16 Å². The van der Waals surface area contributed by atoms with E-state index in [-0.39, 0.29) is 34.9 Å². The van der Waals surface area contributed by atoms with Crippen LogP contribution >= 0.6 is 0 Å². The largest absolute Gasteiger partial charge is 0.540 e. The van der Waals surface area contributed by atoms with Crippen LogP contribution in [0.15, 0.2) is 0 Å². The summed E-state index contributed by atoms with van der Waals surface area (Å²) in [5.41, 5.74) is 0.215. The minimum Gasteiger partial charge on any atom is -0.429 e. The van der Waals surface area contributed by atoms with Crippen molar-refractivity contribution in [2.45, 2.75) is 146 Å². The maximum absolute atomic E-state index is 12.6. The van der Waals surface area contributed by atoms with E-state index >= 15 is 0 Å². The molecule has 0 aromatic carbocycles. The molecule has 4 atom stereocenters. The highest BCUT2D eigenvalue weighted by Crippen LogP contribution is 2.37. The van der Waals surface area contributed by atoms with E-state index in [1.54, 1.807) is 0 Å². The highest BCUT2D eigenvalue weighted by molar-refractivity contribution is 5.59. The van der Waals surface area contributed by atoms with Gasteiger partial charge in [-0.3, -0.25) is 4.89 Å². The topological polar surface area (TPSA) is 44.8 Å². The van der Waals surface area contributed by atoms with Crippen LogP contribution in [0.1, 0.15) is 133 Å². The normalized spacial score (nSPS) is 16.5. The van der Waals surface area contributed by atoms with Crippen LogP contribution in [0.2, 0.25) is 0 Å². The zero-order valence-electron chi connectivity index (χ0n) is 22.5. The summed E-state index contributed by atoms with van der Waals surface area (Å²) in [6.07, 6.45) is 9.64. The summed E-state index contributed by atoms with van der Waals surface area (Å²) < 4.78 is 5.83. The second kappa shape index (κ2) is 15.1. The molecule has 0 radical (unpaired) electrons. The standard InChI is InChI=1S/C27H54O4/c1-11-15-17-19-23(21(5)26(7,8)13-3)29-25(28)31-30-24(20-18-16-12-2)22(6)27(9,10)14-4/h21-24H,11-20H2,1-10H3. The molecular weight excluding hydrogens is 388 g/mol. The molecular formula is C27H54O4. The lowest BCUT2D eigenvalue weighted by Crippen LogP contribution is -2.37. The molecule has 0 saturated heterocycles. The van der Waals surface area contributed by atoms with Crippen molar-refractivity contribution < 1.29 is 19.3 Å². The molecule has 0 aliphatic heterocycles. The van der Waals surface area contributed by atoms with Gasteiger partial charge in [0.1, 0.15) is 12.2 Å². The quantitative estimate of drug-likeness (QED) is 0.0974. The molecule has 0 rings (SSSR count). The Labute approximate surface area is 194 Å². The fourth-order valence-corrected chi connectivity index (χ4v) is 3.88. The molecule has 0 aliphatic rings. The predicted octanol–water partition coefficient (Wildman–Crippen LogP) is 9.11. The summed E-state index contributed by atoms with van der Waals surface area (Å²) >= 11 is 0. The van der Waals surface area contributed by atoms with E-state index in [9.17, 15) is 4.79 Å². The first-order chi connectivity index (χ1) is 14.5. The Hall–Kier alpha value is -0.770. The number of carbonyl (C=O) groups is 1. The lowest BCUT2D eigenvalue weighted by molar-refractivity contribution is -0.306. The second-order valence-electron chi connectivity index (χ2n) is 10.9. The van der Waals surface area contributed by atoms with Gasteiger partial charge in [-0.2, -0.15) is 4.89 Å². The molecule has 4 unspecified atom stereocenters. The molecule has 0 aliphatic carbocycles. The van der Waals surface area contributed by atoms with E-state index in [2.05, 4.69) is 69.2 Å². The summed E-state index contributed by atoms with van der Waals surface area (Å²) in [7, 11) is 0. The summed E-state index contributed by atoms with van der Waals surface area (Å²) in [4.78, 5) is 23.6. The molecule has 0 aromatic rings. The van der Waals surface area contributed by atoms with Crippen LogP contribution in [0.3, 0.4) is 0 Å². The summed E-state index contributed by atoms with van der Waals surface area (Å²) in [6.45, 7) is 22.2. The predicted molar refractivity (Wildman–Crippen MR) is 131 cm³/mol. The fraction of sp³-hybridized carbons (Fsp3) is 0.963. The van der Waals surface area contributed by atoms with Gasteiger partial charge in [0.05, 0.1) is 0 Å². The van der Waals surface area contributed by atoms with Crippen molar-refractivity contribution in [3.63, 3.8) is 0 Å². The lowest BCUT2D eigenvalue weighted by Gasteiger charge is -2.37. The SMILES string of the molecule is CCCCCC(OOC(=O)OC(CCCCC)C(C)C(C)(C)CC)C(C)C(C)(C)CC. The number of unbranched alkanes of at least 4 members (excludes halogenated alkanes) is 4. The van der Waals surface area contributed by atoms with Gasteiger partial charge in [0, 0.05) is 0 Å². The third-order valence-corrected chi connectivity index (χ3v) is 8.07. The Morgan fingerprint density at radius 2 is 1.13 bits per heavy atom. The van der Waals surface area contributed by atoms with Gasteiger partial charge < -0.3 is 4.74 Å². The van der Waals surface area contributed by atoms with Crippen LogP contribution in [0, 0.1) is 22.7 Å². The van der Waals surface area contributed by atoms with Crippen molar-refractivity contribution in [3.05, 3.63) is 0 Å². The first-order valence-corrected chi connectivity index (χ1v) is 13.0. The molecule has 0 bridgehead atoms. The maximum Gasteiger partial charge on any atom is 0.540 e. The Kier molecular flexibility index (Phi) is 14.8. The van der Waals surface area contributed by atoms with Gasteiger partial charge in [-0.1, -0.05) is 114 Å². The van der Waals surface area contributed by atoms with Crippen molar-refractivity contribution in [2.24, 2.45) is 22.7 Å². The van der Waals surface area contributed by atoms with Gasteiger partial charge in [-0.15, -0.1) is 0 Å². The first-order valence-electron chi connectivity index (χ1n) is 13.0. The maximum atomic E-state index is 12.6. The average molecular weight is 443 g/mol. The Bertz CT molecular complexity index is 472. The molecule has 4 nitrogen and oxygen atoms in total. The minimum absolute atomic E-state index is 0.0976. The zero-order chi connectivity index (χ0) is 24.1. The third kappa shape index (κ3) is 11.1. The molecule has 186 valence electrons. The molecule has 0 saturated carbocycles. The van der Waals surface area contributed by atoms with E-state index in [0.29, 0.717) is 0 Å². The van der Waals surface area contributed by atoms with Crippen LogP contribution in [0.5, 0.6) is 0 Å². The minimum atomic E-state index is -0.692. The Morgan fingerprint density at radius 1 is 0.710 bits per heavy atom. The monoisotopic (exact) mass is 442 g/mol. The van der Waals surface area contributed by atoms with Crippen molar-refractivity contribution in [3.8, 4) is 0 Å². The number of rotatable bonds is 17. The van der Waals surface area contributed by atoms with Crippen LogP contribution in [-0.2, 0) is 14.5 Å². The zero-order valence-corrected chi connectivity index (χ0v) is 22.5. The highest BCUT2D eigenvalue weighted by Gasteiger charge is 2.35. The van der Waals surface area contributed by atoms with Crippen molar-refractivity contribution in [1.82, 2.24) is 0 Å². The van der Waals surface area contributed by atoms with E-state index in [1.807, 2.05) is 0 Å². The van der Waals surface area contributed by atoms with Crippen molar-refractivity contribution in [1.29, 1.82) is 0 Å². The smallest absolute Gasteiger partial charge is 0.429 e.